The number of hydrogen-bond acceptors (Lipinski definition) is 3. The monoisotopic (exact) mass is 363 g/mol. The topological polar surface area (TPSA) is 70.8 Å². The number of benzene rings is 1. The lowest BCUT2D eigenvalue weighted by Gasteiger charge is -2.34. The Kier molecular flexibility index (Phi) is 3.78. The molecule has 0 saturated carbocycles. The number of hydrogen-bond donors (Lipinski definition) is 1. The Morgan fingerprint density at radius 1 is 1.32 bits per heavy atom. The van der Waals surface area contributed by atoms with Crippen LogP contribution in [0.4, 0.5) is 0 Å². The second kappa shape index (κ2) is 5.61. The zero-order chi connectivity index (χ0) is 15.9. The van der Waals surface area contributed by atoms with Crippen LogP contribution in [0.3, 0.4) is 0 Å². The summed E-state index contributed by atoms with van der Waals surface area (Å²) in [6, 6.07) is 8.40. The molecule has 0 radical (unpaired) electrons. The van der Waals surface area contributed by atoms with Crippen molar-refractivity contribution in [1.82, 2.24) is 4.90 Å². The van der Waals surface area contributed by atoms with Gasteiger partial charge in [0.15, 0.2) is 10.4 Å². The van der Waals surface area contributed by atoms with Crippen molar-refractivity contribution in [3.63, 3.8) is 0 Å². The molecule has 0 fully saturated rings. The summed E-state index contributed by atoms with van der Waals surface area (Å²) in [4.78, 5) is 25.6. The van der Waals surface area contributed by atoms with E-state index >= 15 is 0 Å². The molecule has 114 valence electrons. The molecule has 1 N–H and O–H groups in total. The molecule has 1 aliphatic heterocycles. The average Bonchev–Trinajstić information content (AvgIpc) is 2.83. The van der Waals surface area contributed by atoms with Crippen molar-refractivity contribution in [3.8, 4) is 0 Å². The standard InChI is InChI=1S/C16H14BrNO4/c1-9-6-13(17)22-14(9)15(19)18-8-11-5-3-2-4-10(11)7-12(18)16(20)21/h2-6,12H,7-8H2,1H3,(H,20,21). The van der Waals surface area contributed by atoms with E-state index in [4.69, 9.17) is 4.42 Å². The number of carboxylic acids is 1. The Labute approximate surface area is 135 Å². The zero-order valence-corrected chi connectivity index (χ0v) is 13.5. The van der Waals surface area contributed by atoms with Gasteiger partial charge in [-0.1, -0.05) is 24.3 Å². The molecule has 1 unspecified atom stereocenters. The number of carbonyl (C=O) groups excluding carboxylic acids is 1. The molecule has 0 saturated heterocycles. The van der Waals surface area contributed by atoms with E-state index in [-0.39, 0.29) is 12.3 Å². The van der Waals surface area contributed by atoms with E-state index in [9.17, 15) is 14.7 Å². The van der Waals surface area contributed by atoms with Crippen molar-refractivity contribution < 1.29 is 19.1 Å². The minimum Gasteiger partial charge on any atom is -0.480 e. The Balaban J connectivity index is 1.99. The van der Waals surface area contributed by atoms with Crippen LogP contribution in [0.1, 0.15) is 27.2 Å². The highest BCUT2D eigenvalue weighted by atomic mass is 79.9. The molecule has 6 heteroatoms. The number of aliphatic carboxylic acids is 1. The average molecular weight is 364 g/mol. The number of halogens is 1. The molecule has 0 spiro atoms. The first kappa shape index (κ1) is 14.8. The van der Waals surface area contributed by atoms with E-state index in [0.717, 1.165) is 11.1 Å². The second-order valence-electron chi connectivity index (χ2n) is 5.32. The van der Waals surface area contributed by atoms with Gasteiger partial charge in [-0.05, 0) is 40.0 Å². The number of amides is 1. The molecule has 1 aromatic heterocycles. The number of fused-ring (bicyclic) bond motifs is 1. The third-order valence-corrected chi connectivity index (χ3v) is 4.27. The van der Waals surface area contributed by atoms with Crippen molar-refractivity contribution in [2.24, 2.45) is 0 Å². The van der Waals surface area contributed by atoms with Gasteiger partial charge in [-0.25, -0.2) is 4.79 Å². The van der Waals surface area contributed by atoms with Gasteiger partial charge in [0.25, 0.3) is 5.91 Å². The first-order valence-electron chi connectivity index (χ1n) is 6.84. The maximum atomic E-state index is 12.7. The number of nitrogens with zero attached hydrogens (tertiary/aromatic N) is 1. The highest BCUT2D eigenvalue weighted by Crippen LogP contribution is 2.27. The fourth-order valence-corrected chi connectivity index (χ4v) is 3.25. The molecular formula is C16H14BrNO4. The summed E-state index contributed by atoms with van der Waals surface area (Å²) in [7, 11) is 0. The van der Waals surface area contributed by atoms with Gasteiger partial charge in [-0.2, -0.15) is 0 Å². The van der Waals surface area contributed by atoms with Gasteiger partial charge in [-0.15, -0.1) is 0 Å². The molecule has 22 heavy (non-hydrogen) atoms. The Bertz CT molecular complexity index is 752. The number of aryl methyl sites for hydroxylation is 1. The molecule has 1 aromatic carbocycles. The third-order valence-electron chi connectivity index (χ3n) is 3.88. The molecule has 0 aliphatic carbocycles. The van der Waals surface area contributed by atoms with Crippen LogP contribution in [0.15, 0.2) is 39.4 Å². The van der Waals surface area contributed by atoms with E-state index < -0.39 is 17.9 Å². The smallest absolute Gasteiger partial charge is 0.326 e. The minimum absolute atomic E-state index is 0.178. The summed E-state index contributed by atoms with van der Waals surface area (Å²) in [5.41, 5.74) is 2.62. The van der Waals surface area contributed by atoms with Gasteiger partial charge in [0.2, 0.25) is 0 Å². The number of furan rings is 1. The zero-order valence-electron chi connectivity index (χ0n) is 11.9. The summed E-state index contributed by atoms with van der Waals surface area (Å²) in [5, 5.41) is 9.47. The van der Waals surface area contributed by atoms with E-state index in [2.05, 4.69) is 15.9 Å². The highest BCUT2D eigenvalue weighted by Gasteiger charge is 2.36. The molecule has 2 aromatic rings. The maximum absolute atomic E-state index is 12.7. The lowest BCUT2D eigenvalue weighted by molar-refractivity contribution is -0.142. The minimum atomic E-state index is -1.01. The van der Waals surface area contributed by atoms with Crippen molar-refractivity contribution in [2.45, 2.75) is 25.9 Å². The molecule has 0 bridgehead atoms. The summed E-state index contributed by atoms with van der Waals surface area (Å²) in [6.07, 6.45) is 0.304. The van der Waals surface area contributed by atoms with Crippen molar-refractivity contribution >= 4 is 27.8 Å². The predicted octanol–water partition coefficient (Wildman–Crippen LogP) is 3.00. The third kappa shape index (κ3) is 2.54. The van der Waals surface area contributed by atoms with E-state index in [0.29, 0.717) is 16.7 Å². The Morgan fingerprint density at radius 2 is 2.00 bits per heavy atom. The normalized spacial score (nSPS) is 17.2. The van der Waals surface area contributed by atoms with Crippen LogP contribution in [0, 0.1) is 6.92 Å². The van der Waals surface area contributed by atoms with Crippen LogP contribution in [-0.2, 0) is 17.8 Å². The molecule has 1 atom stereocenters. The lowest BCUT2D eigenvalue weighted by atomic mass is 9.93. The van der Waals surface area contributed by atoms with Crippen molar-refractivity contribution in [3.05, 3.63) is 57.5 Å². The van der Waals surface area contributed by atoms with E-state index in [1.165, 1.54) is 4.90 Å². The Hall–Kier alpha value is -2.08. The first-order valence-corrected chi connectivity index (χ1v) is 7.63. The van der Waals surface area contributed by atoms with Crippen LogP contribution >= 0.6 is 15.9 Å². The summed E-state index contributed by atoms with van der Waals surface area (Å²) in [5.74, 6) is -1.23. The summed E-state index contributed by atoms with van der Waals surface area (Å²) < 4.78 is 5.83. The summed E-state index contributed by atoms with van der Waals surface area (Å²) in [6.45, 7) is 2.03. The van der Waals surface area contributed by atoms with Crippen LogP contribution in [0.5, 0.6) is 0 Å². The number of carboxylic acid groups (broad SMARTS) is 1. The van der Waals surface area contributed by atoms with E-state index in [1.54, 1.807) is 13.0 Å². The number of carbonyl (C=O) groups is 2. The molecule has 5 nitrogen and oxygen atoms in total. The van der Waals surface area contributed by atoms with Crippen LogP contribution in [0.25, 0.3) is 0 Å². The van der Waals surface area contributed by atoms with Crippen molar-refractivity contribution in [2.75, 3.05) is 0 Å². The van der Waals surface area contributed by atoms with Crippen LogP contribution in [-0.4, -0.2) is 27.9 Å². The fraction of sp³-hybridized carbons (Fsp3) is 0.250. The highest BCUT2D eigenvalue weighted by molar-refractivity contribution is 9.10. The lowest BCUT2D eigenvalue weighted by Crippen LogP contribution is -2.48. The molecule has 1 amide bonds. The molecule has 1 aliphatic rings. The number of rotatable bonds is 2. The van der Waals surface area contributed by atoms with Crippen molar-refractivity contribution in [1.29, 1.82) is 0 Å². The van der Waals surface area contributed by atoms with E-state index in [1.807, 2.05) is 24.3 Å². The SMILES string of the molecule is Cc1cc(Br)oc1C(=O)N1Cc2ccccc2CC1C(=O)O. The molecule has 3 rings (SSSR count). The maximum Gasteiger partial charge on any atom is 0.326 e. The van der Waals surface area contributed by atoms with Gasteiger partial charge in [0, 0.05) is 18.5 Å². The van der Waals surface area contributed by atoms with Gasteiger partial charge in [0.1, 0.15) is 6.04 Å². The summed E-state index contributed by atoms with van der Waals surface area (Å²) >= 11 is 3.19. The van der Waals surface area contributed by atoms with Gasteiger partial charge < -0.3 is 14.4 Å². The quantitative estimate of drug-likeness (QED) is 0.890. The van der Waals surface area contributed by atoms with Gasteiger partial charge in [0.05, 0.1) is 0 Å². The molecular weight excluding hydrogens is 350 g/mol. The van der Waals surface area contributed by atoms with Crippen LogP contribution < -0.4 is 0 Å². The molecule has 2 heterocycles. The largest absolute Gasteiger partial charge is 0.480 e. The van der Waals surface area contributed by atoms with Gasteiger partial charge in [-0.3, -0.25) is 4.79 Å². The Morgan fingerprint density at radius 3 is 2.59 bits per heavy atom. The predicted molar refractivity (Wildman–Crippen MR) is 82.6 cm³/mol. The fourth-order valence-electron chi connectivity index (χ4n) is 2.74. The first-order chi connectivity index (χ1) is 10.5. The second-order valence-corrected chi connectivity index (χ2v) is 6.10. The van der Waals surface area contributed by atoms with Crippen LogP contribution in [0.2, 0.25) is 0 Å². The van der Waals surface area contributed by atoms with Gasteiger partial charge >= 0.3 is 5.97 Å².